The largest absolute Gasteiger partial charge is 0.497 e. The first-order valence-corrected chi connectivity index (χ1v) is 12.5. The number of ether oxygens (including phenoxy) is 1. The van der Waals surface area contributed by atoms with Crippen LogP contribution in [0.5, 0.6) is 5.75 Å². The lowest BCUT2D eigenvalue weighted by Gasteiger charge is -2.31. The summed E-state index contributed by atoms with van der Waals surface area (Å²) >= 11 is 0. The fourth-order valence-corrected chi connectivity index (χ4v) is 4.85. The van der Waals surface area contributed by atoms with Crippen molar-refractivity contribution < 1.29 is 18.3 Å². The van der Waals surface area contributed by atoms with Crippen LogP contribution in [0.1, 0.15) is 37.0 Å². The van der Waals surface area contributed by atoms with Crippen molar-refractivity contribution >= 4 is 5.91 Å². The molecular formula is C31H34F2N2O2. The lowest BCUT2D eigenvalue weighted by molar-refractivity contribution is -0.128. The first-order valence-electron chi connectivity index (χ1n) is 12.5. The zero-order valence-electron chi connectivity index (χ0n) is 21.7. The van der Waals surface area contributed by atoms with E-state index in [4.69, 9.17) is 4.74 Å². The van der Waals surface area contributed by atoms with Crippen LogP contribution in [0, 0.1) is 0 Å². The van der Waals surface area contributed by atoms with Crippen LogP contribution in [0.15, 0.2) is 96.6 Å². The van der Waals surface area contributed by atoms with Gasteiger partial charge in [-0.3, -0.25) is 9.69 Å². The highest BCUT2D eigenvalue weighted by Gasteiger charge is 2.43. The summed E-state index contributed by atoms with van der Waals surface area (Å²) in [4.78, 5) is 16.7. The van der Waals surface area contributed by atoms with E-state index in [0.717, 1.165) is 28.5 Å². The molecule has 0 bridgehead atoms. The monoisotopic (exact) mass is 504 g/mol. The molecule has 1 aliphatic heterocycles. The molecule has 37 heavy (non-hydrogen) atoms. The third-order valence-electron chi connectivity index (χ3n) is 6.69. The quantitative estimate of drug-likeness (QED) is 0.297. The van der Waals surface area contributed by atoms with Gasteiger partial charge in [0.05, 0.1) is 13.7 Å². The molecule has 0 N–H and O–H groups in total. The minimum absolute atomic E-state index is 0.169. The van der Waals surface area contributed by atoms with E-state index in [1.807, 2.05) is 98.8 Å². The van der Waals surface area contributed by atoms with Gasteiger partial charge in [-0.25, -0.2) is 8.78 Å². The summed E-state index contributed by atoms with van der Waals surface area (Å²) < 4.78 is 36.2. The first-order chi connectivity index (χ1) is 17.6. The molecule has 1 saturated heterocycles. The number of carbonyl (C=O) groups excluding carboxylic acids is 1. The normalized spacial score (nSPS) is 16.5. The Balaban J connectivity index is 1.51. The highest BCUT2D eigenvalue weighted by Crippen LogP contribution is 2.37. The third-order valence-corrected chi connectivity index (χ3v) is 6.69. The fraction of sp³-hybridized carbons (Fsp3) is 0.323. The topological polar surface area (TPSA) is 32.8 Å². The second kappa shape index (κ2) is 11.3. The van der Waals surface area contributed by atoms with Crippen LogP contribution in [-0.4, -0.2) is 40.8 Å². The van der Waals surface area contributed by atoms with Gasteiger partial charge in [-0.05, 0) is 48.7 Å². The molecule has 0 saturated carbocycles. The molecule has 1 heterocycles. The smallest absolute Gasteiger partial charge is 0.279 e. The van der Waals surface area contributed by atoms with Crippen LogP contribution in [0.2, 0.25) is 0 Å². The highest BCUT2D eigenvalue weighted by atomic mass is 19.3. The maximum atomic E-state index is 15.5. The van der Waals surface area contributed by atoms with E-state index in [1.165, 1.54) is 0 Å². The molecule has 0 radical (unpaired) electrons. The molecule has 1 aliphatic rings. The minimum atomic E-state index is -3.17. The molecule has 1 fully saturated rings. The summed E-state index contributed by atoms with van der Waals surface area (Å²) in [6.45, 7) is 4.49. The van der Waals surface area contributed by atoms with Gasteiger partial charge in [0.25, 0.3) is 11.8 Å². The Kier molecular flexibility index (Phi) is 8.08. The van der Waals surface area contributed by atoms with Crippen molar-refractivity contribution in [3.8, 4) is 5.75 Å². The van der Waals surface area contributed by atoms with Crippen molar-refractivity contribution in [2.24, 2.45) is 0 Å². The third kappa shape index (κ3) is 7.04. The zero-order valence-corrected chi connectivity index (χ0v) is 21.7. The Hall–Kier alpha value is -3.51. The SMILES string of the molecule is COc1ccc(CN2C(=O)/C(=C/C(F)(F)CN(Cc3ccccc3)Cc3ccccc3)CC2(C)C)cc1. The summed E-state index contributed by atoms with van der Waals surface area (Å²) in [6, 6.07) is 26.7. The van der Waals surface area contributed by atoms with Crippen molar-refractivity contribution in [2.45, 2.75) is 51.4 Å². The molecule has 0 spiro atoms. The van der Waals surface area contributed by atoms with Crippen LogP contribution < -0.4 is 4.74 Å². The van der Waals surface area contributed by atoms with E-state index in [2.05, 4.69) is 0 Å². The number of benzene rings is 3. The predicted molar refractivity (Wildman–Crippen MR) is 142 cm³/mol. The van der Waals surface area contributed by atoms with Crippen molar-refractivity contribution in [1.29, 1.82) is 0 Å². The maximum Gasteiger partial charge on any atom is 0.279 e. The Labute approximate surface area is 218 Å². The van der Waals surface area contributed by atoms with E-state index >= 15 is 8.78 Å². The molecule has 0 aromatic heterocycles. The van der Waals surface area contributed by atoms with Gasteiger partial charge >= 0.3 is 0 Å². The fourth-order valence-electron chi connectivity index (χ4n) is 4.85. The number of hydrogen-bond acceptors (Lipinski definition) is 3. The van der Waals surface area contributed by atoms with Crippen molar-refractivity contribution in [2.75, 3.05) is 13.7 Å². The van der Waals surface area contributed by atoms with Gasteiger partial charge in [-0.15, -0.1) is 0 Å². The number of likely N-dealkylation sites (tertiary alicyclic amines) is 1. The lowest BCUT2D eigenvalue weighted by atomic mass is 9.98. The van der Waals surface area contributed by atoms with Gasteiger partial charge in [-0.2, -0.15) is 0 Å². The van der Waals surface area contributed by atoms with Crippen LogP contribution in [0.25, 0.3) is 0 Å². The summed E-state index contributed by atoms with van der Waals surface area (Å²) in [5, 5.41) is 0. The molecule has 0 atom stereocenters. The molecule has 0 unspecified atom stereocenters. The van der Waals surface area contributed by atoms with Gasteiger partial charge in [-0.1, -0.05) is 72.8 Å². The molecule has 0 aliphatic carbocycles. The van der Waals surface area contributed by atoms with Crippen LogP contribution in [0.4, 0.5) is 8.78 Å². The van der Waals surface area contributed by atoms with E-state index in [0.29, 0.717) is 19.6 Å². The van der Waals surface area contributed by atoms with Gasteiger partial charge in [0, 0.05) is 37.2 Å². The van der Waals surface area contributed by atoms with Gasteiger partial charge in [0.2, 0.25) is 0 Å². The number of carbonyl (C=O) groups is 1. The molecule has 4 rings (SSSR count). The van der Waals surface area contributed by atoms with Gasteiger partial charge in [0.1, 0.15) is 5.75 Å². The Morgan fingerprint density at radius 3 is 1.95 bits per heavy atom. The van der Waals surface area contributed by atoms with Crippen molar-refractivity contribution in [3.05, 3.63) is 113 Å². The van der Waals surface area contributed by atoms with Gasteiger partial charge in [0.15, 0.2) is 0 Å². The Bertz CT molecular complexity index is 1170. The summed E-state index contributed by atoms with van der Waals surface area (Å²) in [5.74, 6) is -2.77. The number of halogens is 2. The Morgan fingerprint density at radius 1 is 0.892 bits per heavy atom. The lowest BCUT2D eigenvalue weighted by Crippen LogP contribution is -2.40. The number of alkyl halides is 2. The van der Waals surface area contributed by atoms with Crippen LogP contribution in [0.3, 0.4) is 0 Å². The molecule has 3 aromatic carbocycles. The molecule has 194 valence electrons. The summed E-state index contributed by atoms with van der Waals surface area (Å²) in [5.41, 5.74) is 2.46. The second-order valence-electron chi connectivity index (χ2n) is 10.3. The van der Waals surface area contributed by atoms with Gasteiger partial charge < -0.3 is 9.64 Å². The Morgan fingerprint density at radius 2 is 1.43 bits per heavy atom. The number of nitrogens with zero attached hydrogens (tertiary/aromatic N) is 2. The summed E-state index contributed by atoms with van der Waals surface area (Å²) in [6.07, 6.45) is 1.17. The van der Waals surface area contributed by atoms with E-state index in [-0.39, 0.29) is 17.9 Å². The molecule has 6 heteroatoms. The highest BCUT2D eigenvalue weighted by molar-refractivity contribution is 5.97. The standard InChI is InChI=1S/C31H34F2N2O2/c1-30(2)18-27(29(36)35(30)22-26-14-16-28(37-3)17-15-26)19-31(32,33)23-34(20-24-10-6-4-7-11-24)21-25-12-8-5-9-13-25/h4-17,19H,18,20-23H2,1-3H3/b27-19+. The average Bonchev–Trinajstić information content (AvgIpc) is 3.07. The van der Waals surface area contributed by atoms with E-state index in [1.54, 1.807) is 16.9 Å². The molecular weight excluding hydrogens is 470 g/mol. The summed E-state index contributed by atoms with van der Waals surface area (Å²) in [7, 11) is 1.60. The van der Waals surface area contributed by atoms with Crippen LogP contribution >= 0.6 is 0 Å². The molecule has 3 aromatic rings. The van der Waals surface area contributed by atoms with E-state index < -0.39 is 18.0 Å². The average molecular weight is 505 g/mol. The predicted octanol–water partition coefficient (Wildman–Crippen LogP) is 6.47. The van der Waals surface area contributed by atoms with Crippen molar-refractivity contribution in [3.63, 3.8) is 0 Å². The maximum absolute atomic E-state index is 15.5. The van der Waals surface area contributed by atoms with Crippen LogP contribution in [-0.2, 0) is 24.4 Å². The zero-order chi connectivity index (χ0) is 26.5. The molecule has 4 nitrogen and oxygen atoms in total. The number of methoxy groups -OCH3 is 1. The molecule has 1 amide bonds. The van der Waals surface area contributed by atoms with Crippen molar-refractivity contribution in [1.82, 2.24) is 9.80 Å². The number of hydrogen-bond donors (Lipinski definition) is 0. The van der Waals surface area contributed by atoms with E-state index in [9.17, 15) is 4.79 Å². The first kappa shape index (κ1) is 26.6. The number of amides is 1. The second-order valence-corrected chi connectivity index (χ2v) is 10.3. The number of rotatable bonds is 10. The minimum Gasteiger partial charge on any atom is -0.497 e.